The van der Waals surface area contributed by atoms with Crippen LogP contribution in [-0.4, -0.2) is 74.7 Å². The van der Waals surface area contributed by atoms with Gasteiger partial charge < -0.3 is 33.7 Å². The van der Waals surface area contributed by atoms with Crippen molar-refractivity contribution < 1.29 is 42.8 Å². The summed E-state index contributed by atoms with van der Waals surface area (Å²) in [7, 11) is 3.10. The van der Waals surface area contributed by atoms with Crippen molar-refractivity contribution in [2.24, 2.45) is 5.92 Å². The van der Waals surface area contributed by atoms with Crippen LogP contribution in [-0.2, 0) is 9.59 Å². The molecule has 11 heteroatoms. The number of rotatable bonds is 16. The largest absolute Gasteiger partial charge is 0.493 e. The SMILES string of the molecule is CCCC(CCC)N(C(=O)CN1C[C@H](c2cc(OC)c3c(c2)OCO3)C(C(=O)O)[C@@H]1CCOc1ccccc1OC)c1ccc(F)c(C)c1. The summed E-state index contributed by atoms with van der Waals surface area (Å²) in [5.41, 5.74) is 1.81. The molecule has 2 aliphatic heterocycles. The number of hydrogen-bond acceptors (Lipinski definition) is 8. The fourth-order valence-electron chi connectivity index (χ4n) is 7.24. The minimum absolute atomic E-state index is 0.0261. The number of aliphatic carboxylic acids is 1. The van der Waals surface area contributed by atoms with E-state index in [0.717, 1.165) is 31.2 Å². The van der Waals surface area contributed by atoms with Gasteiger partial charge in [-0.1, -0.05) is 38.8 Å². The van der Waals surface area contributed by atoms with Gasteiger partial charge in [0.05, 0.1) is 33.3 Å². The molecule has 5 rings (SSSR count). The Kier molecular flexibility index (Phi) is 11.9. The van der Waals surface area contributed by atoms with Gasteiger partial charge in [0.1, 0.15) is 5.82 Å². The highest BCUT2D eigenvalue weighted by Crippen LogP contribution is 2.47. The van der Waals surface area contributed by atoms with Crippen molar-refractivity contribution in [2.75, 3.05) is 45.6 Å². The third-order valence-corrected chi connectivity index (χ3v) is 9.52. The molecular weight excluding hydrogens is 631 g/mol. The Hall–Kier alpha value is -4.51. The van der Waals surface area contributed by atoms with E-state index in [1.54, 1.807) is 49.3 Å². The molecule has 264 valence electrons. The van der Waals surface area contributed by atoms with E-state index in [1.807, 2.05) is 23.1 Å². The zero-order chi connectivity index (χ0) is 35.1. The van der Waals surface area contributed by atoms with E-state index in [0.29, 0.717) is 53.0 Å². The summed E-state index contributed by atoms with van der Waals surface area (Å²) in [4.78, 5) is 31.4. The van der Waals surface area contributed by atoms with Crippen molar-refractivity contribution in [1.82, 2.24) is 4.90 Å². The van der Waals surface area contributed by atoms with Gasteiger partial charge in [-0.2, -0.15) is 0 Å². The number of carbonyl (C=O) groups is 2. The molecule has 0 bridgehead atoms. The molecule has 10 nitrogen and oxygen atoms in total. The Labute approximate surface area is 287 Å². The van der Waals surface area contributed by atoms with Crippen molar-refractivity contribution in [3.05, 3.63) is 71.5 Å². The maximum atomic E-state index is 14.5. The number of fused-ring (bicyclic) bond motifs is 1. The van der Waals surface area contributed by atoms with E-state index < -0.39 is 23.8 Å². The van der Waals surface area contributed by atoms with Gasteiger partial charge >= 0.3 is 5.97 Å². The standard InChI is InChI=1S/C38H47FN2O8/c1-6-10-26(11-7-2)41(27-14-15-29(39)24(3)18-27)35(42)22-40-21-28(25-19-33(46-5)37-34(20-25)48-23-49-37)36(38(43)44)30(40)16-17-47-32-13-9-8-12-31(32)45-4/h8-9,12-15,18-20,26,28,30,36H,6-7,10-11,16-17,21-23H2,1-5H3,(H,43,44)/t28-,30+,36?/m1/s1. The number of amides is 1. The van der Waals surface area contributed by atoms with Gasteiger partial charge in [-0.15, -0.1) is 0 Å². The van der Waals surface area contributed by atoms with Crippen LogP contribution in [0.1, 0.15) is 63.0 Å². The molecule has 1 amide bonds. The van der Waals surface area contributed by atoms with Crippen LogP contribution >= 0.6 is 0 Å². The Bertz CT molecular complexity index is 1610. The summed E-state index contributed by atoms with van der Waals surface area (Å²) in [5.74, 6) is -0.285. The summed E-state index contributed by atoms with van der Waals surface area (Å²) in [6, 6.07) is 15.0. The first-order valence-corrected chi connectivity index (χ1v) is 17.0. The highest BCUT2D eigenvalue weighted by atomic mass is 19.1. The summed E-state index contributed by atoms with van der Waals surface area (Å²) >= 11 is 0. The number of nitrogens with zero attached hydrogens (tertiary/aromatic N) is 2. The first-order valence-electron chi connectivity index (χ1n) is 17.0. The molecule has 0 aromatic heterocycles. The van der Waals surface area contributed by atoms with Gasteiger partial charge in [-0.25, -0.2) is 4.39 Å². The highest BCUT2D eigenvalue weighted by Gasteiger charge is 2.48. The number of aryl methyl sites for hydroxylation is 1. The number of halogens is 1. The molecule has 49 heavy (non-hydrogen) atoms. The molecule has 0 spiro atoms. The molecule has 1 unspecified atom stereocenters. The van der Waals surface area contributed by atoms with Crippen LogP contribution in [0.4, 0.5) is 10.1 Å². The van der Waals surface area contributed by atoms with Crippen LogP contribution < -0.4 is 28.6 Å². The smallest absolute Gasteiger partial charge is 0.308 e. The van der Waals surface area contributed by atoms with Gasteiger partial charge in [0, 0.05) is 30.2 Å². The second kappa shape index (κ2) is 16.3. The van der Waals surface area contributed by atoms with Crippen molar-refractivity contribution in [1.29, 1.82) is 0 Å². The zero-order valence-corrected chi connectivity index (χ0v) is 28.9. The molecule has 1 saturated heterocycles. The summed E-state index contributed by atoms with van der Waals surface area (Å²) in [5, 5.41) is 10.8. The topological polar surface area (TPSA) is 107 Å². The fraction of sp³-hybridized carbons (Fsp3) is 0.474. The Morgan fingerprint density at radius 1 is 1.00 bits per heavy atom. The lowest BCUT2D eigenvalue weighted by atomic mass is 9.84. The lowest BCUT2D eigenvalue weighted by molar-refractivity contribution is -0.143. The molecule has 0 saturated carbocycles. The number of ether oxygens (including phenoxy) is 5. The lowest BCUT2D eigenvalue weighted by Gasteiger charge is -2.35. The zero-order valence-electron chi connectivity index (χ0n) is 28.9. The minimum atomic E-state index is -0.972. The third-order valence-electron chi connectivity index (χ3n) is 9.52. The van der Waals surface area contributed by atoms with E-state index in [-0.39, 0.29) is 37.7 Å². The molecule has 0 radical (unpaired) electrons. The number of carboxylic acids is 1. The van der Waals surface area contributed by atoms with Crippen LogP contribution in [0.25, 0.3) is 0 Å². The van der Waals surface area contributed by atoms with Gasteiger partial charge in [0.15, 0.2) is 23.0 Å². The fourth-order valence-corrected chi connectivity index (χ4v) is 7.24. The maximum Gasteiger partial charge on any atom is 0.308 e. The van der Waals surface area contributed by atoms with Gasteiger partial charge in [0.2, 0.25) is 18.4 Å². The van der Waals surface area contributed by atoms with Crippen LogP contribution in [0.15, 0.2) is 54.6 Å². The second-order valence-corrected chi connectivity index (χ2v) is 12.6. The van der Waals surface area contributed by atoms with E-state index in [2.05, 4.69) is 13.8 Å². The van der Waals surface area contributed by atoms with Gasteiger partial charge in [-0.05, 0) is 79.8 Å². The number of carbonyl (C=O) groups excluding carboxylic acids is 1. The molecule has 2 heterocycles. The number of anilines is 1. The van der Waals surface area contributed by atoms with Crippen molar-refractivity contribution in [2.45, 2.75) is 70.9 Å². The van der Waals surface area contributed by atoms with Crippen molar-refractivity contribution in [3.63, 3.8) is 0 Å². The van der Waals surface area contributed by atoms with Crippen LogP contribution in [0.2, 0.25) is 0 Å². The number of carboxylic acid groups (broad SMARTS) is 1. The van der Waals surface area contributed by atoms with Crippen LogP contribution in [0.3, 0.4) is 0 Å². The van der Waals surface area contributed by atoms with Crippen molar-refractivity contribution in [3.8, 4) is 28.7 Å². The Morgan fingerprint density at radius 3 is 2.37 bits per heavy atom. The van der Waals surface area contributed by atoms with E-state index in [9.17, 15) is 19.1 Å². The van der Waals surface area contributed by atoms with Crippen LogP contribution in [0, 0.1) is 18.7 Å². The molecule has 1 fully saturated rings. The normalized spacial score (nSPS) is 18.5. The van der Waals surface area contributed by atoms with Crippen LogP contribution in [0.5, 0.6) is 28.7 Å². The Morgan fingerprint density at radius 2 is 1.71 bits per heavy atom. The molecular formula is C38H47FN2O8. The van der Waals surface area contributed by atoms with E-state index in [1.165, 1.54) is 13.2 Å². The predicted octanol–water partition coefficient (Wildman–Crippen LogP) is 6.82. The quantitative estimate of drug-likeness (QED) is 0.175. The molecule has 3 atom stereocenters. The number of hydrogen-bond donors (Lipinski definition) is 1. The third kappa shape index (κ3) is 7.88. The van der Waals surface area contributed by atoms with Crippen molar-refractivity contribution >= 4 is 17.6 Å². The average Bonchev–Trinajstić information content (AvgIpc) is 3.71. The number of methoxy groups -OCH3 is 2. The Balaban J connectivity index is 1.50. The predicted molar refractivity (Wildman–Crippen MR) is 184 cm³/mol. The van der Waals surface area contributed by atoms with Gasteiger partial charge in [-0.3, -0.25) is 14.5 Å². The lowest BCUT2D eigenvalue weighted by Crippen LogP contribution is -2.48. The molecule has 3 aromatic rings. The number of likely N-dealkylation sites (tertiary alicyclic amines) is 1. The monoisotopic (exact) mass is 678 g/mol. The number of benzene rings is 3. The van der Waals surface area contributed by atoms with E-state index in [4.69, 9.17) is 23.7 Å². The summed E-state index contributed by atoms with van der Waals surface area (Å²) in [6.07, 6.45) is 3.64. The molecule has 1 N–H and O–H groups in total. The number of para-hydroxylation sites is 2. The first kappa shape index (κ1) is 35.8. The highest BCUT2D eigenvalue weighted by molar-refractivity contribution is 5.95. The molecule has 3 aromatic carbocycles. The molecule has 2 aliphatic rings. The second-order valence-electron chi connectivity index (χ2n) is 12.6. The summed E-state index contributed by atoms with van der Waals surface area (Å²) < 4.78 is 42.8. The first-order chi connectivity index (χ1) is 23.7. The molecule has 0 aliphatic carbocycles. The summed E-state index contributed by atoms with van der Waals surface area (Å²) in [6.45, 7) is 6.38. The maximum absolute atomic E-state index is 14.5. The van der Waals surface area contributed by atoms with E-state index >= 15 is 0 Å². The van der Waals surface area contributed by atoms with Gasteiger partial charge in [0.25, 0.3) is 0 Å². The average molecular weight is 679 g/mol. The minimum Gasteiger partial charge on any atom is -0.493 e.